The fourth-order valence-electron chi connectivity index (χ4n) is 10.1. The number of ether oxygens (including phenoxy) is 2. The van der Waals surface area contributed by atoms with Gasteiger partial charge in [0.15, 0.2) is 0 Å². The van der Waals surface area contributed by atoms with E-state index in [-0.39, 0.29) is 29.4 Å². The van der Waals surface area contributed by atoms with E-state index in [1.165, 1.54) is 28.8 Å². The molecule has 0 spiro atoms. The van der Waals surface area contributed by atoms with Gasteiger partial charge in [0.25, 0.3) is 5.91 Å². The Morgan fingerprint density at radius 3 is 1.54 bits per heavy atom. The number of aromatic nitrogens is 4. The molecule has 0 radical (unpaired) electrons. The highest BCUT2D eigenvalue weighted by atomic mass is 31.2. The number of fused-ring (bicyclic) bond motifs is 2. The fourth-order valence-corrected chi connectivity index (χ4v) is 10.9. The number of aromatic amines is 2. The van der Waals surface area contributed by atoms with Crippen molar-refractivity contribution in [1.82, 2.24) is 19.1 Å². The number of carbonyl (C=O) groups is 2. The molecule has 4 aromatic heterocycles. The van der Waals surface area contributed by atoms with Crippen LogP contribution in [0.3, 0.4) is 0 Å². The molecule has 2 aliphatic rings. The van der Waals surface area contributed by atoms with Crippen LogP contribution in [0.25, 0.3) is 34.0 Å². The molecule has 10 rings (SSSR count). The summed E-state index contributed by atoms with van der Waals surface area (Å²) in [6, 6.07) is 33.8. The molecule has 0 saturated heterocycles. The predicted octanol–water partition coefficient (Wildman–Crippen LogP) is 11.9. The number of benzene rings is 4. The molecule has 79 heavy (non-hydrogen) atoms. The number of methoxy groups -OCH3 is 2. The zero-order valence-corrected chi connectivity index (χ0v) is 46.5. The zero-order chi connectivity index (χ0) is 56.7. The molecule has 6 N–H and O–H groups in total. The number of hydrogen-bond donors (Lipinski definition) is 6. The maximum absolute atomic E-state index is 14.2. The lowest BCUT2D eigenvalue weighted by atomic mass is 9.78. The van der Waals surface area contributed by atoms with Crippen LogP contribution in [0.4, 0.5) is 0 Å². The van der Waals surface area contributed by atoms with Crippen molar-refractivity contribution in [3.8, 4) is 11.5 Å². The normalized spacial score (nSPS) is 14.7. The van der Waals surface area contributed by atoms with Crippen LogP contribution in [0.15, 0.2) is 160 Å². The van der Waals surface area contributed by atoms with Crippen LogP contribution in [0, 0.1) is 34.6 Å². The van der Waals surface area contributed by atoms with Crippen molar-refractivity contribution in [2.45, 2.75) is 60.3 Å². The van der Waals surface area contributed by atoms with Gasteiger partial charge >= 0.3 is 15.6 Å². The summed E-state index contributed by atoms with van der Waals surface area (Å²) >= 11 is 0. The number of phosphoric acid groups is 2. The highest BCUT2D eigenvalue weighted by Gasteiger charge is 2.34. The molecular formula is C59H58N6O12P2. The minimum atomic E-state index is -4.89. The van der Waals surface area contributed by atoms with E-state index in [1.54, 1.807) is 43.1 Å². The van der Waals surface area contributed by atoms with Crippen LogP contribution in [0.2, 0.25) is 0 Å². The van der Waals surface area contributed by atoms with Crippen molar-refractivity contribution >= 4 is 72.8 Å². The molecular weight excluding hydrogens is 1050 g/mol. The van der Waals surface area contributed by atoms with Crippen molar-refractivity contribution in [3.63, 3.8) is 0 Å². The molecule has 0 atom stereocenters. The monoisotopic (exact) mass is 1100 g/mol. The van der Waals surface area contributed by atoms with Gasteiger partial charge in [-0.3, -0.25) is 38.3 Å². The maximum atomic E-state index is 14.2. The minimum absolute atomic E-state index is 0.00350. The molecule has 0 unspecified atom stereocenters. The van der Waals surface area contributed by atoms with Crippen LogP contribution in [0.1, 0.15) is 91.8 Å². The number of nitrogens with zero attached hydrogens (tertiary/aromatic N) is 4. The third-order valence-corrected chi connectivity index (χ3v) is 14.2. The molecule has 0 fully saturated rings. The second kappa shape index (κ2) is 21.8. The average Bonchev–Trinajstić information content (AvgIpc) is 4.46. The zero-order valence-electron chi connectivity index (χ0n) is 44.7. The number of allylic oxidation sites excluding steroid dienone is 2. The molecule has 406 valence electrons. The van der Waals surface area contributed by atoms with Gasteiger partial charge in [-0.05, 0) is 118 Å². The standard InChI is InChI=1S/C32H34N3O6P.C27H24N3O6P/c1-19-10-9-13-28(41-42(37,38)39)31(19)32(4,5)18-30(36)35-26-12-8-7-11-22(26)15-27(35)24-17-29(40-6)25(34-24)16-23-20(2)14-21(3)33-23;1-16-12-17(2)28-20(16)14-22-26(35-3)15-21(29-22)24-13-18-8-4-6-10-23(18)30(24)27(31)19-9-5-7-11-25(19)36-37(32,33)34/h7-17,33H,18H2,1-6H3,(H2,37,38,39);4-15,28H,1-3H3,(H2,32,33,34)/b25-16+;22-14+. The summed E-state index contributed by atoms with van der Waals surface area (Å²) in [6.07, 6.45) is 7.44. The summed E-state index contributed by atoms with van der Waals surface area (Å²) in [5, 5.41) is 1.67. The summed E-state index contributed by atoms with van der Waals surface area (Å²) in [4.78, 5) is 82.1. The van der Waals surface area contributed by atoms with Gasteiger partial charge in [-0.2, -0.15) is 0 Å². The third-order valence-electron chi connectivity index (χ3n) is 13.4. The molecule has 0 aliphatic carbocycles. The third kappa shape index (κ3) is 11.9. The highest BCUT2D eigenvalue weighted by Crippen LogP contribution is 2.45. The number of phosphoric ester groups is 2. The molecule has 0 bridgehead atoms. The topological polar surface area (TPSA) is 252 Å². The minimum Gasteiger partial charge on any atom is -0.494 e. The van der Waals surface area contributed by atoms with Crippen molar-refractivity contribution in [2.24, 2.45) is 9.98 Å². The van der Waals surface area contributed by atoms with Crippen molar-refractivity contribution in [3.05, 3.63) is 212 Å². The highest BCUT2D eigenvalue weighted by molar-refractivity contribution is 7.47. The Labute approximate surface area is 455 Å². The van der Waals surface area contributed by atoms with E-state index in [9.17, 15) is 38.3 Å². The van der Waals surface area contributed by atoms with Gasteiger partial charge in [-0.25, -0.2) is 19.1 Å². The molecule has 8 aromatic rings. The number of nitrogens with one attached hydrogen (secondary N) is 2. The molecule has 0 saturated carbocycles. The van der Waals surface area contributed by atoms with Gasteiger partial charge in [-0.15, -0.1) is 0 Å². The first-order valence-electron chi connectivity index (χ1n) is 24.9. The first kappa shape index (κ1) is 55.4. The van der Waals surface area contributed by atoms with Crippen LogP contribution < -0.4 is 9.05 Å². The molecule has 18 nitrogen and oxygen atoms in total. The molecule has 6 heterocycles. The fraction of sp³-hybridized carbons (Fsp3) is 0.186. The Kier molecular flexibility index (Phi) is 15.3. The van der Waals surface area contributed by atoms with E-state index in [1.807, 2.05) is 133 Å². The quantitative estimate of drug-likeness (QED) is 0.0556. The molecule has 20 heteroatoms. The smallest absolute Gasteiger partial charge is 0.494 e. The second-order valence-electron chi connectivity index (χ2n) is 19.8. The van der Waals surface area contributed by atoms with E-state index < -0.39 is 27.0 Å². The van der Waals surface area contributed by atoms with Crippen LogP contribution in [-0.2, 0) is 24.0 Å². The lowest BCUT2D eigenvalue weighted by Gasteiger charge is -2.29. The largest absolute Gasteiger partial charge is 0.524 e. The van der Waals surface area contributed by atoms with E-state index >= 15 is 0 Å². The Bertz CT molecular complexity index is 4050. The number of H-pyrrole nitrogens is 2. The van der Waals surface area contributed by atoms with Gasteiger partial charge in [0.1, 0.15) is 34.4 Å². The number of aliphatic imine (C=N–C) groups is 2. The second-order valence-corrected chi connectivity index (χ2v) is 22.1. The summed E-state index contributed by atoms with van der Waals surface area (Å²) in [5.74, 6) is 0.227. The summed E-state index contributed by atoms with van der Waals surface area (Å²) < 4.78 is 47.5. The number of hydrogen-bond acceptors (Lipinski definition) is 10. The van der Waals surface area contributed by atoms with Gasteiger partial charge < -0.3 is 28.5 Å². The average molecular weight is 1110 g/mol. The van der Waals surface area contributed by atoms with Gasteiger partial charge in [0.2, 0.25) is 5.91 Å². The number of para-hydroxylation sites is 3. The van der Waals surface area contributed by atoms with Gasteiger partial charge in [0, 0.05) is 63.1 Å². The predicted molar refractivity (Wildman–Crippen MR) is 305 cm³/mol. The Hall–Kier alpha value is -8.34. The van der Waals surface area contributed by atoms with Crippen molar-refractivity contribution in [1.29, 1.82) is 0 Å². The van der Waals surface area contributed by atoms with Crippen LogP contribution in [0.5, 0.6) is 11.5 Å². The maximum Gasteiger partial charge on any atom is 0.524 e. The Morgan fingerprint density at radius 1 is 0.595 bits per heavy atom. The van der Waals surface area contributed by atoms with Gasteiger partial charge in [-0.1, -0.05) is 74.5 Å². The number of carbonyl (C=O) groups excluding carboxylic acids is 2. The van der Waals surface area contributed by atoms with Crippen LogP contribution >= 0.6 is 15.6 Å². The first-order valence-corrected chi connectivity index (χ1v) is 27.9. The van der Waals surface area contributed by atoms with E-state index in [4.69, 9.17) is 28.5 Å². The molecule has 4 aromatic carbocycles. The van der Waals surface area contributed by atoms with E-state index in [2.05, 4.69) is 16.0 Å². The SMILES string of the molecule is COC1=CC(c2cc3ccccc3n2C(=O)CC(C)(C)c2c(C)cccc2OP(=O)(O)O)=N/C1=C/c1[nH]c(C)cc1C.COC1=CC(c2cc3ccccc3n2C(=O)c2ccccc2OP(=O)(O)O)=N/C1=C/c1[nH]c(C)cc1C. The summed E-state index contributed by atoms with van der Waals surface area (Å²) in [7, 11) is -6.56. The Balaban J connectivity index is 0.000000193. The lowest BCUT2D eigenvalue weighted by Crippen LogP contribution is -2.28. The first-order chi connectivity index (χ1) is 37.4. The summed E-state index contributed by atoms with van der Waals surface area (Å²) in [6.45, 7) is 13.5. The van der Waals surface area contributed by atoms with E-state index in [0.717, 1.165) is 55.8 Å². The van der Waals surface area contributed by atoms with E-state index in [0.29, 0.717) is 56.8 Å². The number of aryl methyl sites for hydroxylation is 5. The van der Waals surface area contributed by atoms with Crippen molar-refractivity contribution < 1.29 is 56.8 Å². The summed E-state index contributed by atoms with van der Waals surface area (Å²) in [5.41, 5.74) is 11.3. The van der Waals surface area contributed by atoms with Crippen molar-refractivity contribution in [2.75, 3.05) is 14.2 Å². The van der Waals surface area contributed by atoms with Gasteiger partial charge in [0.05, 0.1) is 53.6 Å². The number of rotatable bonds is 14. The molecule has 2 aliphatic heterocycles. The lowest BCUT2D eigenvalue weighted by molar-refractivity contribution is 0.0879. The Morgan fingerprint density at radius 2 is 1.05 bits per heavy atom. The molecule has 0 amide bonds. The van der Waals surface area contributed by atoms with Crippen LogP contribution in [-0.4, -0.2) is 76.1 Å².